The zero-order chi connectivity index (χ0) is 24.2. The number of hydrogen-bond acceptors (Lipinski definition) is 6. The van der Waals surface area contributed by atoms with Crippen LogP contribution in [0.25, 0.3) is 10.9 Å². The lowest BCUT2D eigenvalue weighted by Gasteiger charge is -2.51. The Kier molecular flexibility index (Phi) is 5.69. The molecule has 1 spiro atoms. The van der Waals surface area contributed by atoms with E-state index in [2.05, 4.69) is 15.1 Å². The topological polar surface area (TPSA) is 87.8 Å². The molecule has 0 bridgehead atoms. The first-order valence-corrected chi connectivity index (χ1v) is 13.7. The van der Waals surface area contributed by atoms with Crippen LogP contribution in [-0.2, 0) is 25.3 Å². The number of sulfonamides is 1. The van der Waals surface area contributed by atoms with Gasteiger partial charge in [-0.05, 0) is 37.5 Å². The molecule has 3 aliphatic rings. The van der Waals surface area contributed by atoms with Crippen LogP contribution in [0.2, 0.25) is 0 Å². The van der Waals surface area contributed by atoms with Gasteiger partial charge in [-0.1, -0.05) is 25.1 Å². The van der Waals surface area contributed by atoms with Gasteiger partial charge in [0.25, 0.3) is 0 Å². The molecule has 1 aromatic heterocycles. The van der Waals surface area contributed by atoms with Crippen molar-refractivity contribution in [2.45, 2.75) is 49.0 Å². The molecule has 3 aliphatic heterocycles. The van der Waals surface area contributed by atoms with Crippen molar-refractivity contribution in [3.8, 4) is 0 Å². The summed E-state index contributed by atoms with van der Waals surface area (Å²) < 4.78 is 55.3. The summed E-state index contributed by atoms with van der Waals surface area (Å²) >= 11 is 0. The molecular formula is C25H29FN4O4S. The molecular weight excluding hydrogens is 471 g/mol. The summed E-state index contributed by atoms with van der Waals surface area (Å²) in [6, 6.07) is 11.7. The maximum atomic E-state index is 13.8. The van der Waals surface area contributed by atoms with E-state index in [-0.39, 0.29) is 16.6 Å². The second-order valence-electron chi connectivity index (χ2n) is 9.46. The Balaban J connectivity index is 1.35. The molecule has 4 heterocycles. The summed E-state index contributed by atoms with van der Waals surface area (Å²) in [6.07, 6.45) is 1.71. The minimum Gasteiger partial charge on any atom is -0.341 e. The SMILES string of the molecule is CCCN1C(N2CCC(c3[nH]nc4cc(F)ccc34)CC2)C2(OCCO2)c2ccccc2S1(=O)=O. The van der Waals surface area contributed by atoms with E-state index in [0.29, 0.717) is 50.3 Å². The number of piperidine rings is 1. The minimum absolute atomic E-state index is 0.218. The van der Waals surface area contributed by atoms with E-state index >= 15 is 0 Å². The molecule has 2 saturated heterocycles. The van der Waals surface area contributed by atoms with Gasteiger partial charge in [-0.3, -0.25) is 10.00 Å². The summed E-state index contributed by atoms with van der Waals surface area (Å²) in [5.74, 6) is -1.24. The molecule has 0 saturated carbocycles. The van der Waals surface area contributed by atoms with Gasteiger partial charge in [0.15, 0.2) is 0 Å². The van der Waals surface area contributed by atoms with Crippen molar-refractivity contribution >= 4 is 20.9 Å². The van der Waals surface area contributed by atoms with Crippen LogP contribution in [0.15, 0.2) is 47.4 Å². The summed E-state index contributed by atoms with van der Waals surface area (Å²) in [6.45, 7) is 4.53. The molecule has 35 heavy (non-hydrogen) atoms. The second kappa shape index (κ2) is 8.63. The highest BCUT2D eigenvalue weighted by molar-refractivity contribution is 7.89. The maximum absolute atomic E-state index is 13.8. The van der Waals surface area contributed by atoms with E-state index in [1.165, 1.54) is 12.1 Å². The molecule has 0 aliphatic carbocycles. The zero-order valence-corrected chi connectivity index (χ0v) is 20.4. The van der Waals surface area contributed by atoms with Crippen LogP contribution in [0.5, 0.6) is 0 Å². The van der Waals surface area contributed by atoms with Crippen LogP contribution in [0.1, 0.15) is 43.4 Å². The van der Waals surface area contributed by atoms with Crippen LogP contribution < -0.4 is 0 Å². The normalized spacial score (nSPS) is 24.8. The summed E-state index contributed by atoms with van der Waals surface area (Å²) in [5.41, 5.74) is 2.21. The summed E-state index contributed by atoms with van der Waals surface area (Å²) in [4.78, 5) is 2.46. The van der Waals surface area contributed by atoms with E-state index < -0.39 is 22.0 Å². The third-order valence-corrected chi connectivity index (χ3v) is 9.36. The zero-order valence-electron chi connectivity index (χ0n) is 19.6. The number of aromatic amines is 1. The van der Waals surface area contributed by atoms with Crippen molar-refractivity contribution in [2.75, 3.05) is 32.8 Å². The molecule has 0 radical (unpaired) electrons. The Hall–Kier alpha value is -2.37. The minimum atomic E-state index is -3.72. The van der Waals surface area contributed by atoms with Gasteiger partial charge >= 0.3 is 0 Å². The Morgan fingerprint density at radius 2 is 1.89 bits per heavy atom. The maximum Gasteiger partial charge on any atom is 0.245 e. The lowest BCUT2D eigenvalue weighted by molar-refractivity contribution is -0.242. The number of aromatic nitrogens is 2. The van der Waals surface area contributed by atoms with Gasteiger partial charge in [0, 0.05) is 48.3 Å². The van der Waals surface area contributed by atoms with Gasteiger partial charge in [0.1, 0.15) is 12.0 Å². The average molecular weight is 501 g/mol. The van der Waals surface area contributed by atoms with Crippen LogP contribution in [0.4, 0.5) is 4.39 Å². The third kappa shape index (κ3) is 3.54. The number of hydrogen-bond donors (Lipinski definition) is 1. The number of nitrogens with zero attached hydrogens (tertiary/aromatic N) is 3. The third-order valence-electron chi connectivity index (χ3n) is 7.45. The largest absolute Gasteiger partial charge is 0.341 e. The number of likely N-dealkylation sites (tertiary alicyclic amines) is 1. The monoisotopic (exact) mass is 500 g/mol. The number of nitrogens with one attached hydrogen (secondary N) is 1. The number of benzene rings is 2. The van der Waals surface area contributed by atoms with Gasteiger partial charge in [-0.25, -0.2) is 12.8 Å². The highest BCUT2D eigenvalue weighted by Gasteiger charge is 2.59. The van der Waals surface area contributed by atoms with Crippen molar-refractivity contribution in [3.63, 3.8) is 0 Å². The van der Waals surface area contributed by atoms with Gasteiger partial charge in [0.05, 0.1) is 23.6 Å². The molecule has 1 N–H and O–H groups in total. The first-order valence-electron chi connectivity index (χ1n) is 12.2. The van der Waals surface area contributed by atoms with Gasteiger partial charge in [-0.2, -0.15) is 9.40 Å². The molecule has 1 unspecified atom stereocenters. The second-order valence-corrected chi connectivity index (χ2v) is 11.3. The van der Waals surface area contributed by atoms with Crippen molar-refractivity contribution in [3.05, 3.63) is 59.5 Å². The fourth-order valence-electron chi connectivity index (χ4n) is 5.93. The van der Waals surface area contributed by atoms with Crippen LogP contribution in [0, 0.1) is 5.82 Å². The number of fused-ring (bicyclic) bond motifs is 3. The molecule has 186 valence electrons. The first kappa shape index (κ1) is 23.1. The number of halogens is 1. The Morgan fingerprint density at radius 3 is 2.63 bits per heavy atom. The lowest BCUT2D eigenvalue weighted by atomic mass is 9.90. The standard InChI is InChI=1S/C25H29FN4O4S/c1-2-11-30-24(25(33-14-15-34-25)20-5-3-4-6-22(20)35(30,31)32)29-12-9-17(10-13-29)23-19-8-7-18(26)16-21(19)27-28-23/h3-8,16-17,24H,2,9-15H2,1H3,(H,27,28). The van der Waals surface area contributed by atoms with E-state index in [1.54, 1.807) is 22.5 Å². The molecule has 3 aromatic rings. The molecule has 10 heteroatoms. The molecule has 8 nitrogen and oxygen atoms in total. The smallest absolute Gasteiger partial charge is 0.245 e. The van der Waals surface area contributed by atoms with E-state index in [4.69, 9.17) is 9.47 Å². The fraction of sp³-hybridized carbons (Fsp3) is 0.480. The Morgan fingerprint density at radius 1 is 1.14 bits per heavy atom. The Bertz CT molecular complexity index is 1350. The molecule has 6 rings (SSSR count). The van der Waals surface area contributed by atoms with Gasteiger partial charge in [-0.15, -0.1) is 0 Å². The van der Waals surface area contributed by atoms with Crippen molar-refractivity contribution in [1.82, 2.24) is 19.4 Å². The number of ether oxygens (including phenoxy) is 2. The summed E-state index contributed by atoms with van der Waals surface area (Å²) in [7, 11) is -3.72. The van der Waals surface area contributed by atoms with E-state index in [9.17, 15) is 12.8 Å². The van der Waals surface area contributed by atoms with E-state index in [0.717, 1.165) is 23.9 Å². The van der Waals surface area contributed by atoms with Gasteiger partial charge in [0.2, 0.25) is 15.8 Å². The van der Waals surface area contributed by atoms with E-state index in [1.807, 2.05) is 19.1 Å². The number of rotatable bonds is 4. The van der Waals surface area contributed by atoms with Crippen LogP contribution in [-0.4, -0.2) is 66.8 Å². The van der Waals surface area contributed by atoms with Gasteiger partial charge < -0.3 is 9.47 Å². The molecule has 2 aromatic carbocycles. The predicted molar refractivity (Wildman–Crippen MR) is 128 cm³/mol. The number of H-pyrrole nitrogens is 1. The van der Waals surface area contributed by atoms with Crippen molar-refractivity contribution in [2.24, 2.45) is 0 Å². The molecule has 0 amide bonds. The lowest BCUT2D eigenvalue weighted by Crippen LogP contribution is -2.66. The fourth-order valence-corrected chi connectivity index (χ4v) is 7.88. The quantitative estimate of drug-likeness (QED) is 0.590. The Labute approximate surface area is 204 Å². The predicted octanol–water partition coefficient (Wildman–Crippen LogP) is 3.52. The summed E-state index contributed by atoms with van der Waals surface area (Å²) in [5, 5.41) is 8.35. The first-order chi connectivity index (χ1) is 17.0. The van der Waals surface area contributed by atoms with Crippen LogP contribution in [0.3, 0.4) is 0 Å². The average Bonchev–Trinajstić information content (AvgIpc) is 3.51. The highest BCUT2D eigenvalue weighted by atomic mass is 32.2. The van der Waals surface area contributed by atoms with Crippen molar-refractivity contribution < 1.29 is 22.3 Å². The van der Waals surface area contributed by atoms with Crippen LogP contribution >= 0.6 is 0 Å². The highest BCUT2D eigenvalue weighted by Crippen LogP contribution is 2.48. The van der Waals surface area contributed by atoms with Crippen molar-refractivity contribution in [1.29, 1.82) is 0 Å². The molecule has 1 atom stereocenters. The molecule has 2 fully saturated rings.